The number of allylic oxidation sites excluding steroid dienone is 1. The van der Waals surface area contributed by atoms with Crippen molar-refractivity contribution in [2.75, 3.05) is 13.2 Å². The summed E-state index contributed by atoms with van der Waals surface area (Å²) in [5.74, 6) is 0.741. The zero-order chi connectivity index (χ0) is 9.52. The molecule has 1 rings (SSSR count). The van der Waals surface area contributed by atoms with Gasteiger partial charge in [0.1, 0.15) is 0 Å². The highest BCUT2D eigenvalue weighted by Gasteiger charge is 2.30. The molecule has 0 heterocycles. The van der Waals surface area contributed by atoms with Crippen LogP contribution in [-0.2, 0) is 9.47 Å². The van der Waals surface area contributed by atoms with Crippen molar-refractivity contribution in [2.45, 2.75) is 39.2 Å². The van der Waals surface area contributed by atoms with Gasteiger partial charge in [-0.3, -0.25) is 0 Å². The van der Waals surface area contributed by atoms with Crippen LogP contribution in [0.15, 0.2) is 12.3 Å². The molecule has 0 radical (unpaired) electrons. The molecule has 1 saturated carbocycles. The van der Waals surface area contributed by atoms with E-state index in [-0.39, 0.29) is 0 Å². The van der Waals surface area contributed by atoms with Gasteiger partial charge in [0.15, 0.2) is 0 Å². The van der Waals surface area contributed by atoms with Crippen molar-refractivity contribution < 1.29 is 9.47 Å². The first kappa shape index (κ1) is 10.6. The lowest BCUT2D eigenvalue weighted by Crippen LogP contribution is -2.34. The summed E-state index contributed by atoms with van der Waals surface area (Å²) in [7, 11) is 0. The van der Waals surface area contributed by atoms with Gasteiger partial charge in [-0.25, -0.2) is 0 Å². The van der Waals surface area contributed by atoms with Crippen LogP contribution in [0.4, 0.5) is 0 Å². The van der Waals surface area contributed by atoms with Crippen molar-refractivity contribution in [3.63, 3.8) is 0 Å². The van der Waals surface area contributed by atoms with E-state index in [2.05, 4.69) is 6.92 Å². The van der Waals surface area contributed by atoms with Gasteiger partial charge in [0.25, 0.3) is 0 Å². The van der Waals surface area contributed by atoms with E-state index in [1.807, 2.05) is 13.0 Å². The summed E-state index contributed by atoms with van der Waals surface area (Å²) >= 11 is 0. The Morgan fingerprint density at radius 2 is 2.23 bits per heavy atom. The minimum atomic E-state index is 0.513. The minimum absolute atomic E-state index is 0.513. The maximum atomic E-state index is 5.57. The molecule has 1 fully saturated rings. The van der Waals surface area contributed by atoms with Gasteiger partial charge in [0, 0.05) is 6.61 Å². The summed E-state index contributed by atoms with van der Waals surface area (Å²) in [6.45, 7) is 5.70. The third-order valence-electron chi connectivity index (χ3n) is 2.57. The first-order chi connectivity index (χ1) is 6.38. The number of rotatable bonds is 6. The molecular formula is C11H20O2. The van der Waals surface area contributed by atoms with Gasteiger partial charge in [0.2, 0.25) is 0 Å². The molecule has 2 unspecified atom stereocenters. The Morgan fingerprint density at radius 3 is 2.77 bits per heavy atom. The monoisotopic (exact) mass is 184 g/mol. The highest BCUT2D eigenvalue weighted by molar-refractivity contribution is 4.81. The van der Waals surface area contributed by atoms with Gasteiger partial charge in [-0.05, 0) is 39.0 Å². The first-order valence-electron chi connectivity index (χ1n) is 5.22. The Balaban J connectivity index is 2.01. The topological polar surface area (TPSA) is 18.5 Å². The van der Waals surface area contributed by atoms with E-state index in [4.69, 9.17) is 9.47 Å². The molecule has 0 N–H and O–H groups in total. The van der Waals surface area contributed by atoms with Crippen molar-refractivity contribution in [2.24, 2.45) is 5.92 Å². The fraction of sp³-hybridized carbons (Fsp3) is 0.818. The summed E-state index contributed by atoms with van der Waals surface area (Å²) in [6, 6.07) is 0. The molecule has 0 saturated heterocycles. The Hall–Kier alpha value is -0.500. The van der Waals surface area contributed by atoms with E-state index in [0.717, 1.165) is 25.6 Å². The smallest absolute Gasteiger partial charge is 0.0876 e. The van der Waals surface area contributed by atoms with Gasteiger partial charge in [-0.1, -0.05) is 6.08 Å². The Labute approximate surface area is 80.9 Å². The Bertz CT molecular complexity index is 154. The zero-order valence-corrected chi connectivity index (χ0v) is 8.66. The highest BCUT2D eigenvalue weighted by atomic mass is 16.5. The maximum absolute atomic E-state index is 5.57. The molecule has 0 aliphatic heterocycles. The molecule has 0 aromatic heterocycles. The Morgan fingerprint density at radius 1 is 1.38 bits per heavy atom. The first-order valence-corrected chi connectivity index (χ1v) is 5.22. The van der Waals surface area contributed by atoms with Crippen LogP contribution in [0.2, 0.25) is 0 Å². The molecule has 1 aliphatic rings. The van der Waals surface area contributed by atoms with Crippen LogP contribution in [-0.4, -0.2) is 19.3 Å². The second kappa shape index (κ2) is 6.03. The molecule has 0 amide bonds. The predicted molar refractivity (Wildman–Crippen MR) is 53.5 cm³/mol. The van der Waals surface area contributed by atoms with Crippen molar-refractivity contribution >= 4 is 0 Å². The van der Waals surface area contributed by atoms with Crippen LogP contribution in [0.25, 0.3) is 0 Å². The van der Waals surface area contributed by atoms with Gasteiger partial charge in [-0.2, -0.15) is 0 Å². The third-order valence-corrected chi connectivity index (χ3v) is 2.57. The van der Waals surface area contributed by atoms with Crippen LogP contribution < -0.4 is 0 Å². The second-order valence-electron chi connectivity index (χ2n) is 3.46. The summed E-state index contributed by atoms with van der Waals surface area (Å²) in [4.78, 5) is 0. The lowest BCUT2D eigenvalue weighted by atomic mass is 9.80. The molecule has 2 heteroatoms. The van der Waals surface area contributed by atoms with Crippen molar-refractivity contribution in [3.8, 4) is 0 Å². The van der Waals surface area contributed by atoms with Crippen LogP contribution in [0, 0.1) is 5.92 Å². The number of hydrogen-bond donors (Lipinski definition) is 0. The molecular weight excluding hydrogens is 164 g/mol. The molecule has 0 aromatic carbocycles. The predicted octanol–water partition coefficient (Wildman–Crippen LogP) is 2.74. The average Bonchev–Trinajstić information content (AvgIpc) is 2.12. The molecule has 13 heavy (non-hydrogen) atoms. The van der Waals surface area contributed by atoms with Crippen molar-refractivity contribution in [1.82, 2.24) is 0 Å². The highest BCUT2D eigenvalue weighted by Crippen LogP contribution is 2.32. The van der Waals surface area contributed by atoms with Crippen LogP contribution in [0.1, 0.15) is 33.1 Å². The fourth-order valence-corrected chi connectivity index (χ4v) is 1.69. The quantitative estimate of drug-likeness (QED) is 0.467. The maximum Gasteiger partial charge on any atom is 0.0876 e. The van der Waals surface area contributed by atoms with E-state index in [1.165, 1.54) is 12.8 Å². The van der Waals surface area contributed by atoms with Crippen molar-refractivity contribution in [1.29, 1.82) is 0 Å². The second-order valence-corrected chi connectivity index (χ2v) is 3.46. The van der Waals surface area contributed by atoms with E-state index in [0.29, 0.717) is 6.10 Å². The van der Waals surface area contributed by atoms with E-state index in [9.17, 15) is 0 Å². The summed E-state index contributed by atoms with van der Waals surface area (Å²) < 4.78 is 10.9. The molecule has 76 valence electrons. The van der Waals surface area contributed by atoms with Gasteiger partial charge >= 0.3 is 0 Å². The van der Waals surface area contributed by atoms with E-state index < -0.39 is 0 Å². The summed E-state index contributed by atoms with van der Waals surface area (Å²) in [6.07, 6.45) is 7.87. The molecule has 2 atom stereocenters. The summed E-state index contributed by atoms with van der Waals surface area (Å²) in [5.41, 5.74) is 0. The van der Waals surface area contributed by atoms with E-state index >= 15 is 0 Å². The SMILES string of the molecule is CC=COCCC1CCC1OCC. The Kier molecular flexibility index (Phi) is 4.91. The molecule has 2 nitrogen and oxygen atoms in total. The lowest BCUT2D eigenvalue weighted by molar-refractivity contribution is -0.0486. The van der Waals surface area contributed by atoms with Gasteiger partial charge in [-0.15, -0.1) is 0 Å². The summed E-state index contributed by atoms with van der Waals surface area (Å²) in [5, 5.41) is 0. The molecule has 0 spiro atoms. The minimum Gasteiger partial charge on any atom is -0.502 e. The fourth-order valence-electron chi connectivity index (χ4n) is 1.69. The average molecular weight is 184 g/mol. The lowest BCUT2D eigenvalue weighted by Gasteiger charge is -2.36. The number of ether oxygens (including phenoxy) is 2. The third kappa shape index (κ3) is 3.39. The van der Waals surface area contributed by atoms with Crippen LogP contribution >= 0.6 is 0 Å². The molecule has 0 aromatic rings. The molecule has 1 aliphatic carbocycles. The largest absolute Gasteiger partial charge is 0.502 e. The van der Waals surface area contributed by atoms with Crippen LogP contribution in [0.3, 0.4) is 0 Å². The van der Waals surface area contributed by atoms with Crippen molar-refractivity contribution in [3.05, 3.63) is 12.3 Å². The van der Waals surface area contributed by atoms with Gasteiger partial charge < -0.3 is 9.47 Å². The van der Waals surface area contributed by atoms with Crippen LogP contribution in [0.5, 0.6) is 0 Å². The normalized spacial score (nSPS) is 27.5. The molecule has 0 bridgehead atoms. The zero-order valence-electron chi connectivity index (χ0n) is 8.66. The number of hydrogen-bond acceptors (Lipinski definition) is 2. The van der Waals surface area contributed by atoms with Gasteiger partial charge in [0.05, 0.1) is 19.0 Å². The van der Waals surface area contributed by atoms with E-state index in [1.54, 1.807) is 6.26 Å². The standard InChI is InChI=1S/C11H20O2/c1-3-8-12-9-7-10-5-6-11(10)13-4-2/h3,8,10-11H,4-7,9H2,1-2H3.